The molecule has 3 rings (SSSR count). The van der Waals surface area contributed by atoms with Crippen molar-refractivity contribution < 1.29 is 0 Å². The minimum absolute atomic E-state index is 0.682. The number of nitrogen functional groups attached to an aromatic ring is 1. The second-order valence-electron chi connectivity index (χ2n) is 4.57. The van der Waals surface area contributed by atoms with Crippen LogP contribution in [-0.2, 0) is 0 Å². The molecule has 5 heteroatoms. The van der Waals surface area contributed by atoms with Crippen molar-refractivity contribution in [2.45, 2.75) is 24.0 Å². The number of anilines is 1. The fourth-order valence-corrected chi connectivity index (χ4v) is 2.67. The summed E-state index contributed by atoms with van der Waals surface area (Å²) in [6, 6.07) is 8.06. The van der Waals surface area contributed by atoms with Crippen LogP contribution < -0.4 is 5.73 Å². The summed E-state index contributed by atoms with van der Waals surface area (Å²) in [5.41, 5.74) is 10.9. The third-order valence-electron chi connectivity index (χ3n) is 2.82. The number of aromatic nitrogens is 3. The number of imidazole rings is 1. The average Bonchev–Trinajstić information content (AvgIpc) is 2.74. The molecule has 0 aliphatic heterocycles. The van der Waals surface area contributed by atoms with Crippen LogP contribution in [0.25, 0.3) is 11.0 Å². The number of hydrogen-bond acceptors (Lipinski definition) is 4. The minimum Gasteiger partial charge on any atom is -0.397 e. The Morgan fingerprint density at radius 1 is 1.16 bits per heavy atom. The molecule has 0 aliphatic carbocycles. The molecule has 0 aliphatic rings. The molecule has 3 N–H and O–H groups in total. The molecule has 0 saturated heterocycles. The summed E-state index contributed by atoms with van der Waals surface area (Å²) in [6.07, 6.45) is 1.81. The highest BCUT2D eigenvalue weighted by atomic mass is 32.2. The number of benzene rings is 1. The molecule has 4 nitrogen and oxygen atoms in total. The first-order chi connectivity index (χ1) is 9.11. The highest BCUT2D eigenvalue weighted by Gasteiger charge is 2.08. The van der Waals surface area contributed by atoms with Gasteiger partial charge in [-0.15, -0.1) is 0 Å². The number of aromatic amines is 1. The normalized spacial score (nSPS) is 11.1. The van der Waals surface area contributed by atoms with E-state index < -0.39 is 0 Å². The van der Waals surface area contributed by atoms with E-state index in [1.54, 1.807) is 0 Å². The summed E-state index contributed by atoms with van der Waals surface area (Å²) in [6.45, 7) is 4.04. The van der Waals surface area contributed by atoms with Gasteiger partial charge in [-0.3, -0.25) is 0 Å². The van der Waals surface area contributed by atoms with Crippen LogP contribution >= 0.6 is 11.8 Å². The van der Waals surface area contributed by atoms with Crippen LogP contribution in [-0.4, -0.2) is 15.0 Å². The lowest BCUT2D eigenvalue weighted by molar-refractivity contribution is 1.05. The van der Waals surface area contributed by atoms with Gasteiger partial charge in [-0.2, -0.15) is 0 Å². The van der Waals surface area contributed by atoms with E-state index in [0.29, 0.717) is 5.69 Å². The van der Waals surface area contributed by atoms with Crippen molar-refractivity contribution in [1.82, 2.24) is 15.0 Å². The van der Waals surface area contributed by atoms with Crippen LogP contribution in [0.5, 0.6) is 0 Å². The molecule has 1 aromatic carbocycles. The number of H-pyrrole nitrogens is 1. The molecule has 96 valence electrons. The Bertz CT molecular complexity index is 748. The molecule has 2 aromatic heterocycles. The lowest BCUT2D eigenvalue weighted by atomic mass is 10.2. The van der Waals surface area contributed by atoms with E-state index in [1.807, 2.05) is 25.3 Å². The molecular formula is C14H14N4S. The number of hydrogen-bond donors (Lipinski definition) is 2. The summed E-state index contributed by atoms with van der Waals surface area (Å²) in [5.74, 6) is 0. The lowest BCUT2D eigenvalue weighted by Crippen LogP contribution is -1.93. The third-order valence-corrected chi connectivity index (χ3v) is 3.75. The summed E-state index contributed by atoms with van der Waals surface area (Å²) in [5, 5.41) is 1.59. The van der Waals surface area contributed by atoms with Crippen molar-refractivity contribution in [3.05, 3.63) is 41.6 Å². The SMILES string of the molecule is Cc1cnc(Sc2nc3ccc(C)cc3[nH]2)c(N)c1. The van der Waals surface area contributed by atoms with E-state index in [2.05, 4.69) is 34.0 Å². The van der Waals surface area contributed by atoms with Crippen LogP contribution in [0.4, 0.5) is 5.69 Å². The number of fused-ring (bicyclic) bond motifs is 1. The average molecular weight is 270 g/mol. The van der Waals surface area contributed by atoms with E-state index >= 15 is 0 Å². The summed E-state index contributed by atoms with van der Waals surface area (Å²) in [7, 11) is 0. The van der Waals surface area contributed by atoms with E-state index in [0.717, 1.165) is 26.8 Å². The number of nitrogens with one attached hydrogen (secondary N) is 1. The molecule has 19 heavy (non-hydrogen) atoms. The van der Waals surface area contributed by atoms with Crippen LogP contribution in [0.2, 0.25) is 0 Å². The fraction of sp³-hybridized carbons (Fsp3) is 0.143. The van der Waals surface area contributed by atoms with Gasteiger partial charge in [0.15, 0.2) is 5.16 Å². The zero-order valence-corrected chi connectivity index (χ0v) is 11.6. The van der Waals surface area contributed by atoms with Gasteiger partial charge >= 0.3 is 0 Å². The van der Waals surface area contributed by atoms with Crippen molar-refractivity contribution in [2.24, 2.45) is 0 Å². The second kappa shape index (κ2) is 4.59. The number of nitrogens with two attached hydrogens (primary N) is 1. The van der Waals surface area contributed by atoms with Gasteiger partial charge in [0.1, 0.15) is 5.03 Å². The lowest BCUT2D eigenvalue weighted by Gasteiger charge is -2.02. The molecule has 0 amide bonds. The number of nitrogens with zero attached hydrogens (tertiary/aromatic N) is 2. The zero-order chi connectivity index (χ0) is 13.4. The molecule has 0 atom stereocenters. The van der Waals surface area contributed by atoms with Crippen molar-refractivity contribution in [1.29, 1.82) is 0 Å². The van der Waals surface area contributed by atoms with Crippen molar-refractivity contribution in [3.8, 4) is 0 Å². The summed E-state index contributed by atoms with van der Waals surface area (Å²) < 4.78 is 0. The Morgan fingerprint density at radius 3 is 2.79 bits per heavy atom. The molecule has 0 fully saturated rings. The maximum atomic E-state index is 5.96. The third kappa shape index (κ3) is 2.42. The largest absolute Gasteiger partial charge is 0.397 e. The van der Waals surface area contributed by atoms with E-state index in [1.165, 1.54) is 17.3 Å². The molecule has 2 heterocycles. The maximum Gasteiger partial charge on any atom is 0.172 e. The quantitative estimate of drug-likeness (QED) is 0.749. The van der Waals surface area contributed by atoms with E-state index in [-0.39, 0.29) is 0 Å². The van der Waals surface area contributed by atoms with Gasteiger partial charge in [-0.05, 0) is 54.9 Å². The number of aryl methyl sites for hydroxylation is 2. The van der Waals surface area contributed by atoms with Gasteiger partial charge < -0.3 is 10.7 Å². The highest BCUT2D eigenvalue weighted by molar-refractivity contribution is 7.99. The Morgan fingerprint density at radius 2 is 2.00 bits per heavy atom. The van der Waals surface area contributed by atoms with Crippen LogP contribution in [0, 0.1) is 13.8 Å². The molecule has 0 radical (unpaired) electrons. The Labute approximate surface area is 115 Å². The molecule has 0 bridgehead atoms. The predicted octanol–water partition coefficient (Wildman–Crippen LogP) is 3.31. The van der Waals surface area contributed by atoms with Gasteiger partial charge in [-0.1, -0.05) is 6.07 Å². The van der Waals surface area contributed by atoms with Crippen molar-refractivity contribution in [2.75, 3.05) is 5.73 Å². The Hall–Kier alpha value is -2.01. The van der Waals surface area contributed by atoms with E-state index in [9.17, 15) is 0 Å². The summed E-state index contributed by atoms with van der Waals surface area (Å²) in [4.78, 5) is 12.1. The molecule has 3 aromatic rings. The standard InChI is InChI=1S/C14H14N4S/c1-8-3-4-11-12(6-8)18-14(17-11)19-13-10(15)5-9(2)7-16-13/h3-7H,15H2,1-2H3,(H,17,18). The van der Waals surface area contributed by atoms with Gasteiger partial charge in [0.25, 0.3) is 0 Å². The first kappa shape index (κ1) is 12.0. The topological polar surface area (TPSA) is 67.6 Å². The number of pyridine rings is 1. The fourth-order valence-electron chi connectivity index (χ4n) is 1.90. The van der Waals surface area contributed by atoms with Crippen LogP contribution in [0.15, 0.2) is 40.6 Å². The van der Waals surface area contributed by atoms with Crippen LogP contribution in [0.1, 0.15) is 11.1 Å². The van der Waals surface area contributed by atoms with Gasteiger partial charge in [0.2, 0.25) is 0 Å². The van der Waals surface area contributed by atoms with Crippen molar-refractivity contribution in [3.63, 3.8) is 0 Å². The second-order valence-corrected chi connectivity index (χ2v) is 5.55. The number of rotatable bonds is 2. The van der Waals surface area contributed by atoms with Crippen molar-refractivity contribution >= 4 is 28.5 Å². The molecule has 0 spiro atoms. The van der Waals surface area contributed by atoms with Gasteiger partial charge in [-0.25, -0.2) is 9.97 Å². The molecule has 0 saturated carbocycles. The first-order valence-corrected chi connectivity index (χ1v) is 6.80. The zero-order valence-electron chi connectivity index (χ0n) is 10.8. The van der Waals surface area contributed by atoms with Crippen LogP contribution in [0.3, 0.4) is 0 Å². The van der Waals surface area contributed by atoms with E-state index in [4.69, 9.17) is 5.73 Å². The van der Waals surface area contributed by atoms with Gasteiger partial charge in [0.05, 0.1) is 16.7 Å². The monoisotopic (exact) mass is 270 g/mol. The minimum atomic E-state index is 0.682. The predicted molar refractivity (Wildman–Crippen MR) is 78.3 cm³/mol. The van der Waals surface area contributed by atoms with Gasteiger partial charge in [0, 0.05) is 6.20 Å². The molecular weight excluding hydrogens is 256 g/mol. The Kier molecular flexibility index (Phi) is 2.91. The first-order valence-electron chi connectivity index (χ1n) is 5.98. The smallest absolute Gasteiger partial charge is 0.172 e. The highest BCUT2D eigenvalue weighted by Crippen LogP contribution is 2.30. The molecule has 0 unspecified atom stereocenters. The maximum absolute atomic E-state index is 5.96. The Balaban J connectivity index is 1.96. The summed E-state index contributed by atoms with van der Waals surface area (Å²) >= 11 is 1.45.